The van der Waals surface area contributed by atoms with Crippen molar-refractivity contribution in [2.45, 2.75) is 25.8 Å². The van der Waals surface area contributed by atoms with Gasteiger partial charge < -0.3 is 10.2 Å². The van der Waals surface area contributed by atoms with Crippen LogP contribution in [-0.4, -0.2) is 38.2 Å². The third-order valence-corrected chi connectivity index (χ3v) is 5.24. The van der Waals surface area contributed by atoms with Gasteiger partial charge in [-0.1, -0.05) is 30.3 Å². The molecule has 0 atom stereocenters. The van der Waals surface area contributed by atoms with E-state index < -0.39 is 16.2 Å². The van der Waals surface area contributed by atoms with E-state index >= 15 is 0 Å². The maximum Gasteiger partial charge on any atom is 0.376 e. The van der Waals surface area contributed by atoms with Crippen molar-refractivity contribution < 1.29 is 9.72 Å². The van der Waals surface area contributed by atoms with Gasteiger partial charge >= 0.3 is 11.2 Å². The monoisotopic (exact) mass is 407 g/mol. The van der Waals surface area contributed by atoms with Gasteiger partial charge in [0.25, 0.3) is 0 Å². The van der Waals surface area contributed by atoms with Crippen LogP contribution in [0.25, 0.3) is 5.65 Å². The first-order valence-corrected chi connectivity index (χ1v) is 9.79. The van der Waals surface area contributed by atoms with Crippen LogP contribution in [0.2, 0.25) is 0 Å². The Bertz CT molecular complexity index is 1170. The molecule has 1 aliphatic heterocycles. The van der Waals surface area contributed by atoms with E-state index in [1.54, 1.807) is 18.2 Å². The summed E-state index contributed by atoms with van der Waals surface area (Å²) in [5.74, 6) is -0.0251. The van der Waals surface area contributed by atoms with Gasteiger partial charge in [0.15, 0.2) is 0 Å². The Morgan fingerprint density at radius 2 is 1.93 bits per heavy atom. The molecule has 1 aromatic carbocycles. The first-order chi connectivity index (χ1) is 14.5. The second kappa shape index (κ2) is 8.32. The predicted molar refractivity (Wildman–Crippen MR) is 111 cm³/mol. The summed E-state index contributed by atoms with van der Waals surface area (Å²) in [6, 6.07) is 13.0. The van der Waals surface area contributed by atoms with Crippen molar-refractivity contribution in [1.29, 1.82) is 0 Å². The fourth-order valence-corrected chi connectivity index (χ4v) is 3.68. The highest BCUT2D eigenvalue weighted by atomic mass is 16.6. The van der Waals surface area contributed by atoms with Crippen LogP contribution >= 0.6 is 0 Å². The summed E-state index contributed by atoms with van der Waals surface area (Å²) >= 11 is 0. The van der Waals surface area contributed by atoms with Gasteiger partial charge in [0.05, 0.1) is 4.92 Å². The molecular weight excluding hydrogens is 386 g/mol. The number of anilines is 1. The number of aromatic nitrogens is 2. The van der Waals surface area contributed by atoms with Crippen LogP contribution in [0, 0.1) is 10.1 Å². The average Bonchev–Trinajstić information content (AvgIpc) is 2.76. The van der Waals surface area contributed by atoms with Gasteiger partial charge in [0.2, 0.25) is 11.7 Å². The molecule has 0 radical (unpaired) electrons. The Hall–Kier alpha value is -3.75. The van der Waals surface area contributed by atoms with Crippen molar-refractivity contribution in [1.82, 2.24) is 14.3 Å². The first-order valence-electron chi connectivity index (χ1n) is 9.79. The van der Waals surface area contributed by atoms with E-state index in [1.165, 1.54) is 17.3 Å². The Balaban J connectivity index is 1.38. The summed E-state index contributed by atoms with van der Waals surface area (Å²) < 4.78 is 1.14. The number of carbonyl (C=O) groups is 1. The second-order valence-corrected chi connectivity index (χ2v) is 7.16. The fraction of sp³-hybridized carbons (Fsp3) is 0.286. The van der Waals surface area contributed by atoms with E-state index in [2.05, 4.69) is 16.4 Å². The maximum atomic E-state index is 12.5. The Morgan fingerprint density at radius 3 is 2.73 bits per heavy atom. The molecule has 4 rings (SSSR count). The molecule has 0 saturated heterocycles. The third kappa shape index (κ3) is 3.86. The molecule has 154 valence electrons. The van der Waals surface area contributed by atoms with Crippen LogP contribution < -0.4 is 10.9 Å². The smallest absolute Gasteiger partial charge is 0.364 e. The standard InChI is InChI=1S/C21H21N5O4/c27-18(24-13-10-15-6-1-2-7-16(15)14-24)9-5-11-22-20-19(26(29)30)21(28)25-12-4-3-8-17(25)23-20/h1-4,6-8,12,22H,5,9-11,13-14H2. The molecule has 1 N–H and O–H groups in total. The van der Waals surface area contributed by atoms with Crippen LogP contribution in [0.15, 0.2) is 53.5 Å². The number of hydrogen-bond acceptors (Lipinski definition) is 6. The van der Waals surface area contributed by atoms with E-state index in [1.807, 2.05) is 23.1 Å². The highest BCUT2D eigenvalue weighted by Crippen LogP contribution is 2.20. The number of nitrogens with zero attached hydrogens (tertiary/aromatic N) is 4. The number of rotatable bonds is 6. The molecule has 1 amide bonds. The number of hydrogen-bond donors (Lipinski definition) is 1. The molecule has 9 nitrogen and oxygen atoms in total. The lowest BCUT2D eigenvalue weighted by molar-refractivity contribution is -0.385. The molecular formula is C21H21N5O4. The van der Waals surface area contributed by atoms with Crippen LogP contribution in [-0.2, 0) is 17.8 Å². The zero-order valence-electron chi connectivity index (χ0n) is 16.3. The molecule has 0 aliphatic carbocycles. The van der Waals surface area contributed by atoms with Gasteiger partial charge in [-0.2, -0.15) is 0 Å². The first kappa shape index (κ1) is 19.6. The highest BCUT2D eigenvalue weighted by molar-refractivity contribution is 5.76. The van der Waals surface area contributed by atoms with Gasteiger partial charge in [0, 0.05) is 32.3 Å². The predicted octanol–water partition coefficient (Wildman–Crippen LogP) is 2.38. The molecule has 3 heterocycles. The molecule has 30 heavy (non-hydrogen) atoms. The van der Waals surface area contributed by atoms with Crippen molar-refractivity contribution in [3.63, 3.8) is 0 Å². The fourth-order valence-electron chi connectivity index (χ4n) is 3.68. The maximum absolute atomic E-state index is 12.5. The molecule has 9 heteroatoms. The number of nitrogens with one attached hydrogen (secondary N) is 1. The number of pyridine rings is 1. The van der Waals surface area contributed by atoms with Gasteiger partial charge in [-0.25, -0.2) is 4.98 Å². The minimum absolute atomic E-state index is 0.0485. The quantitative estimate of drug-likeness (QED) is 0.382. The molecule has 0 unspecified atom stereocenters. The Morgan fingerprint density at radius 1 is 1.17 bits per heavy atom. The van der Waals surface area contributed by atoms with Crippen LogP contribution in [0.5, 0.6) is 0 Å². The van der Waals surface area contributed by atoms with E-state index in [9.17, 15) is 19.7 Å². The molecule has 0 spiro atoms. The summed E-state index contributed by atoms with van der Waals surface area (Å²) in [5.41, 5.74) is 1.43. The van der Waals surface area contributed by atoms with Gasteiger partial charge in [-0.15, -0.1) is 0 Å². The van der Waals surface area contributed by atoms with Crippen LogP contribution in [0.3, 0.4) is 0 Å². The summed E-state index contributed by atoms with van der Waals surface area (Å²) in [4.78, 5) is 41.7. The van der Waals surface area contributed by atoms with Gasteiger partial charge in [0.1, 0.15) is 5.65 Å². The SMILES string of the molecule is O=C(CCCNc1nc2ccccn2c(=O)c1[N+](=O)[O-])N1CCc2ccccc2C1. The largest absolute Gasteiger partial charge is 0.376 e. The molecule has 0 bridgehead atoms. The zero-order chi connectivity index (χ0) is 21.1. The topological polar surface area (TPSA) is 110 Å². The molecule has 0 saturated carbocycles. The van der Waals surface area contributed by atoms with Crippen molar-refractivity contribution in [2.75, 3.05) is 18.4 Å². The van der Waals surface area contributed by atoms with Crippen molar-refractivity contribution in [3.8, 4) is 0 Å². The zero-order valence-corrected chi connectivity index (χ0v) is 16.3. The lowest BCUT2D eigenvalue weighted by atomic mass is 9.99. The molecule has 0 fully saturated rings. The van der Waals surface area contributed by atoms with E-state index in [4.69, 9.17) is 0 Å². The van der Waals surface area contributed by atoms with Crippen LogP contribution in [0.4, 0.5) is 11.5 Å². The number of amides is 1. The summed E-state index contributed by atoms with van der Waals surface area (Å²) in [6.07, 6.45) is 3.08. The highest BCUT2D eigenvalue weighted by Gasteiger charge is 2.24. The lowest BCUT2D eigenvalue weighted by Crippen LogP contribution is -2.36. The molecule has 3 aromatic rings. The number of fused-ring (bicyclic) bond motifs is 2. The summed E-state index contributed by atoms with van der Waals surface area (Å²) in [6.45, 7) is 1.60. The molecule has 1 aliphatic rings. The number of carbonyl (C=O) groups excluding carboxylic acids is 1. The van der Waals surface area contributed by atoms with E-state index in [0.29, 0.717) is 38.1 Å². The average molecular weight is 407 g/mol. The lowest BCUT2D eigenvalue weighted by Gasteiger charge is -2.29. The van der Waals surface area contributed by atoms with Crippen molar-refractivity contribution >= 4 is 23.1 Å². The van der Waals surface area contributed by atoms with Crippen molar-refractivity contribution in [2.24, 2.45) is 0 Å². The minimum Gasteiger partial charge on any atom is -0.364 e. The minimum atomic E-state index is -0.740. The number of benzene rings is 1. The van der Waals surface area contributed by atoms with Crippen LogP contribution in [0.1, 0.15) is 24.0 Å². The summed E-state index contributed by atoms with van der Waals surface area (Å²) in [7, 11) is 0. The summed E-state index contributed by atoms with van der Waals surface area (Å²) in [5, 5.41) is 14.3. The third-order valence-electron chi connectivity index (χ3n) is 5.24. The second-order valence-electron chi connectivity index (χ2n) is 7.16. The van der Waals surface area contributed by atoms with Gasteiger partial charge in [-0.3, -0.25) is 24.1 Å². The van der Waals surface area contributed by atoms with Crippen molar-refractivity contribution in [3.05, 3.63) is 80.3 Å². The molecule has 2 aromatic heterocycles. The van der Waals surface area contributed by atoms with E-state index in [0.717, 1.165) is 10.8 Å². The Kier molecular flexibility index (Phi) is 5.42. The van der Waals surface area contributed by atoms with E-state index in [-0.39, 0.29) is 11.7 Å². The normalized spacial score (nSPS) is 13.1. The Labute approximate surface area is 172 Å². The van der Waals surface area contributed by atoms with Gasteiger partial charge in [-0.05, 0) is 36.1 Å². The number of nitro groups is 1.